The van der Waals surface area contributed by atoms with Crippen LogP contribution < -0.4 is 16.0 Å². The van der Waals surface area contributed by atoms with Crippen LogP contribution in [0.4, 0.5) is 5.69 Å². The van der Waals surface area contributed by atoms with Crippen molar-refractivity contribution in [2.24, 2.45) is 4.99 Å². The van der Waals surface area contributed by atoms with Crippen molar-refractivity contribution in [2.75, 3.05) is 18.4 Å². The van der Waals surface area contributed by atoms with E-state index >= 15 is 0 Å². The second-order valence-corrected chi connectivity index (χ2v) is 7.19. The van der Waals surface area contributed by atoms with Gasteiger partial charge in [0.25, 0.3) is 0 Å². The van der Waals surface area contributed by atoms with Gasteiger partial charge in [-0.15, -0.1) is 24.0 Å². The summed E-state index contributed by atoms with van der Waals surface area (Å²) in [6, 6.07) is 17.3. The number of guanidine groups is 1. The minimum atomic E-state index is -1.01. The molecule has 2 aromatic carbocycles. The zero-order valence-corrected chi connectivity index (χ0v) is 20.3. The van der Waals surface area contributed by atoms with E-state index in [0.717, 1.165) is 23.2 Å². The number of anilines is 1. The number of nitrogens with one attached hydrogen (secondary N) is 3. The number of aliphatic hydroxyl groups is 1. The second kappa shape index (κ2) is 13.2. The van der Waals surface area contributed by atoms with Crippen molar-refractivity contribution < 1.29 is 9.90 Å². The third-order valence-electron chi connectivity index (χ3n) is 4.45. The Hall–Kier alpha value is -2.13. The van der Waals surface area contributed by atoms with Gasteiger partial charge in [-0.3, -0.25) is 4.79 Å². The summed E-state index contributed by atoms with van der Waals surface area (Å²) in [4.78, 5) is 16.4. The highest BCUT2D eigenvalue weighted by molar-refractivity contribution is 14.0. The molecule has 0 saturated heterocycles. The molecule has 164 valence electrons. The molecule has 6 nitrogen and oxygen atoms in total. The van der Waals surface area contributed by atoms with Crippen molar-refractivity contribution in [3.63, 3.8) is 0 Å². The van der Waals surface area contributed by atoms with Gasteiger partial charge in [0.2, 0.25) is 5.91 Å². The van der Waals surface area contributed by atoms with Gasteiger partial charge in [-0.2, -0.15) is 0 Å². The Labute approximate surface area is 196 Å². The number of hydrogen-bond acceptors (Lipinski definition) is 3. The standard InChI is InChI=1S/C23H32N4O2.HI/c1-4-10-21(28)27-20-14-9-11-18(15-20)16-25-22(24-5-2)26-17-23(3,29)19-12-7-6-8-13-19;/h6-9,11-15,29H,4-5,10,16-17H2,1-3H3,(H,27,28)(H2,24,25,26);1H. The largest absolute Gasteiger partial charge is 0.384 e. The molecule has 0 aliphatic carbocycles. The molecule has 0 aliphatic rings. The van der Waals surface area contributed by atoms with Crippen molar-refractivity contribution in [1.29, 1.82) is 0 Å². The molecule has 0 saturated carbocycles. The Kier molecular flexibility index (Phi) is 11.4. The molecule has 0 aliphatic heterocycles. The fourth-order valence-corrected chi connectivity index (χ4v) is 2.87. The second-order valence-electron chi connectivity index (χ2n) is 7.19. The summed E-state index contributed by atoms with van der Waals surface area (Å²) in [6.07, 6.45) is 1.33. The monoisotopic (exact) mass is 524 g/mol. The Morgan fingerprint density at radius 3 is 2.47 bits per heavy atom. The Bertz CT molecular complexity index is 810. The van der Waals surface area contributed by atoms with Crippen molar-refractivity contribution >= 4 is 41.5 Å². The summed E-state index contributed by atoms with van der Waals surface area (Å²) in [5.41, 5.74) is 1.60. The number of halogens is 1. The van der Waals surface area contributed by atoms with E-state index in [-0.39, 0.29) is 29.9 Å². The maximum Gasteiger partial charge on any atom is 0.224 e. The smallest absolute Gasteiger partial charge is 0.224 e. The first-order valence-corrected chi connectivity index (χ1v) is 10.1. The molecule has 0 fully saturated rings. The van der Waals surface area contributed by atoms with E-state index in [1.165, 1.54) is 0 Å². The first-order valence-electron chi connectivity index (χ1n) is 10.1. The lowest BCUT2D eigenvalue weighted by Gasteiger charge is -2.25. The quantitative estimate of drug-likeness (QED) is 0.227. The summed E-state index contributed by atoms with van der Waals surface area (Å²) >= 11 is 0. The first-order chi connectivity index (χ1) is 13.9. The molecule has 0 heterocycles. The highest BCUT2D eigenvalue weighted by atomic mass is 127. The molecular weight excluding hydrogens is 491 g/mol. The maximum absolute atomic E-state index is 11.8. The topological polar surface area (TPSA) is 85.8 Å². The van der Waals surface area contributed by atoms with Crippen LogP contribution >= 0.6 is 24.0 Å². The molecule has 0 bridgehead atoms. The Morgan fingerprint density at radius 1 is 1.07 bits per heavy atom. The van der Waals surface area contributed by atoms with E-state index < -0.39 is 5.60 Å². The Balaban J connectivity index is 0.00000450. The maximum atomic E-state index is 11.8. The lowest BCUT2D eigenvalue weighted by molar-refractivity contribution is -0.116. The third-order valence-corrected chi connectivity index (χ3v) is 4.45. The van der Waals surface area contributed by atoms with Crippen molar-refractivity contribution in [3.05, 3.63) is 65.7 Å². The Morgan fingerprint density at radius 2 is 1.80 bits per heavy atom. The van der Waals surface area contributed by atoms with Crippen LogP contribution in [-0.4, -0.2) is 30.1 Å². The van der Waals surface area contributed by atoms with Gasteiger partial charge in [0.15, 0.2) is 5.96 Å². The first kappa shape index (κ1) is 25.9. The van der Waals surface area contributed by atoms with Crippen LogP contribution in [0, 0.1) is 0 Å². The van der Waals surface area contributed by atoms with Gasteiger partial charge in [-0.1, -0.05) is 49.4 Å². The zero-order valence-electron chi connectivity index (χ0n) is 17.9. The molecule has 4 N–H and O–H groups in total. The summed E-state index contributed by atoms with van der Waals surface area (Å²) < 4.78 is 0. The van der Waals surface area contributed by atoms with Gasteiger partial charge in [0, 0.05) is 18.7 Å². The number of benzene rings is 2. The van der Waals surface area contributed by atoms with Gasteiger partial charge >= 0.3 is 0 Å². The van der Waals surface area contributed by atoms with E-state index in [4.69, 9.17) is 0 Å². The third kappa shape index (κ3) is 8.71. The predicted molar refractivity (Wildman–Crippen MR) is 134 cm³/mol. The number of rotatable bonds is 9. The van der Waals surface area contributed by atoms with Gasteiger partial charge in [0.05, 0.1) is 13.1 Å². The summed E-state index contributed by atoms with van der Waals surface area (Å²) in [5, 5.41) is 20.1. The van der Waals surface area contributed by atoms with Gasteiger partial charge in [0.1, 0.15) is 5.60 Å². The van der Waals surface area contributed by atoms with Crippen molar-refractivity contribution in [1.82, 2.24) is 10.6 Å². The predicted octanol–water partition coefficient (Wildman–Crippen LogP) is 4.01. The van der Waals surface area contributed by atoms with Crippen LogP contribution in [0.1, 0.15) is 44.7 Å². The molecule has 0 spiro atoms. The molecule has 1 amide bonds. The number of carbonyl (C=O) groups is 1. The molecule has 2 aromatic rings. The van der Waals surface area contributed by atoms with Gasteiger partial charge in [-0.05, 0) is 43.5 Å². The number of carbonyl (C=O) groups excluding carboxylic acids is 1. The SMILES string of the molecule is CCCC(=O)Nc1cccc(CN=C(NCC)NCC(C)(O)c2ccccc2)c1.I. The van der Waals surface area contributed by atoms with E-state index in [1.54, 1.807) is 6.92 Å². The van der Waals surface area contributed by atoms with Gasteiger partial charge in [-0.25, -0.2) is 4.99 Å². The minimum Gasteiger partial charge on any atom is -0.384 e. The molecular formula is C23H33IN4O2. The molecule has 1 atom stereocenters. The number of hydrogen-bond donors (Lipinski definition) is 4. The number of amides is 1. The molecule has 2 rings (SSSR count). The van der Waals surface area contributed by atoms with E-state index in [0.29, 0.717) is 32.0 Å². The van der Waals surface area contributed by atoms with Crippen LogP contribution in [-0.2, 0) is 16.9 Å². The van der Waals surface area contributed by atoms with Crippen LogP contribution in [0.3, 0.4) is 0 Å². The van der Waals surface area contributed by atoms with Crippen LogP contribution in [0.2, 0.25) is 0 Å². The highest BCUT2D eigenvalue weighted by Gasteiger charge is 2.22. The summed E-state index contributed by atoms with van der Waals surface area (Å²) in [5.74, 6) is 0.649. The van der Waals surface area contributed by atoms with Crippen LogP contribution in [0.5, 0.6) is 0 Å². The van der Waals surface area contributed by atoms with Crippen molar-refractivity contribution in [3.8, 4) is 0 Å². The fraction of sp³-hybridized carbons (Fsp3) is 0.391. The summed E-state index contributed by atoms with van der Waals surface area (Å²) in [6.45, 7) is 7.26. The van der Waals surface area contributed by atoms with E-state index in [1.807, 2.05) is 68.4 Å². The lowest BCUT2D eigenvalue weighted by atomic mass is 9.96. The molecule has 1 unspecified atom stereocenters. The zero-order chi connectivity index (χ0) is 21.1. The lowest BCUT2D eigenvalue weighted by Crippen LogP contribution is -2.44. The highest BCUT2D eigenvalue weighted by Crippen LogP contribution is 2.19. The molecule has 30 heavy (non-hydrogen) atoms. The molecule has 0 radical (unpaired) electrons. The van der Waals surface area contributed by atoms with E-state index in [2.05, 4.69) is 20.9 Å². The fourth-order valence-electron chi connectivity index (χ4n) is 2.87. The van der Waals surface area contributed by atoms with Crippen molar-refractivity contribution in [2.45, 2.75) is 45.8 Å². The van der Waals surface area contributed by atoms with Crippen LogP contribution in [0.15, 0.2) is 59.6 Å². The number of aliphatic imine (C=N–C) groups is 1. The molecule has 0 aromatic heterocycles. The molecule has 7 heteroatoms. The van der Waals surface area contributed by atoms with Crippen LogP contribution in [0.25, 0.3) is 0 Å². The minimum absolute atomic E-state index is 0. The average Bonchev–Trinajstić information content (AvgIpc) is 2.71. The van der Waals surface area contributed by atoms with E-state index in [9.17, 15) is 9.90 Å². The number of nitrogens with zero attached hydrogens (tertiary/aromatic N) is 1. The summed E-state index contributed by atoms with van der Waals surface area (Å²) in [7, 11) is 0. The van der Waals surface area contributed by atoms with Gasteiger partial charge < -0.3 is 21.1 Å². The average molecular weight is 524 g/mol. The normalized spacial score (nSPS) is 13.0.